The van der Waals surface area contributed by atoms with E-state index in [-0.39, 0.29) is 15.8 Å². The maximum absolute atomic E-state index is 11.8. The van der Waals surface area contributed by atoms with Crippen LogP contribution in [0, 0.1) is 10.1 Å². The number of benzene rings is 2. The molecule has 9 nitrogen and oxygen atoms in total. The first-order valence-corrected chi connectivity index (χ1v) is 10.6. The van der Waals surface area contributed by atoms with Crippen molar-refractivity contribution in [2.24, 2.45) is 10.2 Å². The molecule has 0 aromatic heterocycles. The van der Waals surface area contributed by atoms with Crippen molar-refractivity contribution in [2.45, 2.75) is 10.6 Å². The summed E-state index contributed by atoms with van der Waals surface area (Å²) in [5.41, 5.74) is 1.58. The number of esters is 1. The topological polar surface area (TPSA) is 123 Å². The molecule has 11 heteroatoms. The molecule has 0 bridgehead atoms. The number of carbonyl (C=O) groups is 2. The van der Waals surface area contributed by atoms with Crippen molar-refractivity contribution in [3.05, 3.63) is 80.8 Å². The van der Waals surface area contributed by atoms with Gasteiger partial charge in [-0.05, 0) is 23.4 Å². The van der Waals surface area contributed by atoms with Gasteiger partial charge in [-0.2, -0.15) is 5.10 Å². The second kappa shape index (κ2) is 10.5. The quantitative estimate of drug-likeness (QED) is 0.169. The molecule has 0 unspecified atom stereocenters. The second-order valence-corrected chi connectivity index (χ2v) is 8.04. The molecule has 1 N–H and O–H groups in total. The van der Waals surface area contributed by atoms with E-state index in [4.69, 9.17) is 0 Å². The predicted molar refractivity (Wildman–Crippen MR) is 120 cm³/mol. The number of nitro benzene ring substituents is 1. The molecule has 0 radical (unpaired) electrons. The van der Waals surface area contributed by atoms with E-state index in [1.807, 2.05) is 30.3 Å². The Morgan fingerprint density at radius 2 is 2.06 bits per heavy atom. The first kappa shape index (κ1) is 22.2. The van der Waals surface area contributed by atoms with Crippen LogP contribution in [0.5, 0.6) is 0 Å². The number of nitrogens with one attached hydrogen (secondary N) is 1. The van der Waals surface area contributed by atoms with Crippen LogP contribution in [0.3, 0.4) is 0 Å². The van der Waals surface area contributed by atoms with Crippen molar-refractivity contribution in [3.8, 4) is 0 Å². The maximum Gasteiger partial charge on any atom is 0.331 e. The minimum atomic E-state index is -0.654. The Morgan fingerprint density at radius 3 is 2.77 bits per heavy atom. The molecule has 0 aliphatic carbocycles. The average molecular weight is 457 g/mol. The Morgan fingerprint density at radius 1 is 1.29 bits per heavy atom. The standard InChI is InChI=1S/C20H16N4O5S2/c1-29-18(25)10-17-19(26)22-20(31-17)23-21-11-14-9-15(24(27)28)7-8-16(14)30-12-13-5-3-2-4-6-13/h2-11H,12H2,1H3,(H,22,23,26)/b17-10+,21-11?. The van der Waals surface area contributed by atoms with Gasteiger partial charge >= 0.3 is 5.97 Å². The third-order valence-electron chi connectivity index (χ3n) is 3.89. The largest absolute Gasteiger partial charge is 0.466 e. The lowest BCUT2D eigenvalue weighted by Gasteiger charge is -2.05. The summed E-state index contributed by atoms with van der Waals surface area (Å²) in [7, 11) is 1.21. The van der Waals surface area contributed by atoms with E-state index in [0.29, 0.717) is 11.3 Å². The van der Waals surface area contributed by atoms with Crippen molar-refractivity contribution < 1.29 is 19.2 Å². The average Bonchev–Trinajstić information content (AvgIpc) is 3.12. The molecule has 158 valence electrons. The van der Waals surface area contributed by atoms with E-state index in [2.05, 4.69) is 20.3 Å². The van der Waals surface area contributed by atoms with Crippen LogP contribution in [-0.4, -0.2) is 35.3 Å². The Kier molecular flexibility index (Phi) is 7.57. The molecule has 1 heterocycles. The summed E-state index contributed by atoms with van der Waals surface area (Å²) in [6, 6.07) is 14.3. The lowest BCUT2D eigenvalue weighted by molar-refractivity contribution is -0.384. The van der Waals surface area contributed by atoms with Gasteiger partial charge in [0.25, 0.3) is 11.6 Å². The summed E-state index contributed by atoms with van der Waals surface area (Å²) in [4.78, 5) is 34.7. The number of nitro groups is 1. The van der Waals surface area contributed by atoms with E-state index in [1.54, 1.807) is 6.07 Å². The van der Waals surface area contributed by atoms with Gasteiger partial charge in [0.2, 0.25) is 0 Å². The summed E-state index contributed by atoms with van der Waals surface area (Å²) < 4.78 is 4.50. The Labute approximate surface area is 185 Å². The van der Waals surface area contributed by atoms with Crippen LogP contribution in [0.4, 0.5) is 5.69 Å². The highest BCUT2D eigenvalue weighted by molar-refractivity contribution is 8.18. The van der Waals surface area contributed by atoms with Crippen molar-refractivity contribution in [1.29, 1.82) is 0 Å². The zero-order valence-electron chi connectivity index (χ0n) is 16.2. The van der Waals surface area contributed by atoms with Crippen LogP contribution in [0.25, 0.3) is 0 Å². The monoisotopic (exact) mass is 456 g/mol. The number of hydrogen-bond acceptors (Lipinski definition) is 9. The molecule has 1 aliphatic heterocycles. The number of thioether (sulfide) groups is 2. The highest BCUT2D eigenvalue weighted by Gasteiger charge is 2.25. The fourth-order valence-corrected chi connectivity index (χ4v) is 4.10. The molecule has 3 rings (SSSR count). The van der Waals surface area contributed by atoms with Gasteiger partial charge in [-0.3, -0.25) is 20.2 Å². The van der Waals surface area contributed by atoms with Gasteiger partial charge in [0.15, 0.2) is 5.17 Å². The zero-order valence-corrected chi connectivity index (χ0v) is 17.8. The van der Waals surface area contributed by atoms with Gasteiger partial charge in [0, 0.05) is 34.4 Å². The highest BCUT2D eigenvalue weighted by Crippen LogP contribution is 2.29. The highest BCUT2D eigenvalue weighted by atomic mass is 32.2. The lowest BCUT2D eigenvalue weighted by atomic mass is 10.2. The van der Waals surface area contributed by atoms with Gasteiger partial charge in [-0.15, -0.1) is 16.9 Å². The van der Waals surface area contributed by atoms with Crippen molar-refractivity contribution in [2.75, 3.05) is 7.11 Å². The molecule has 1 fully saturated rings. The number of non-ortho nitro benzene ring substituents is 1. The molecule has 1 amide bonds. The third kappa shape index (κ3) is 6.27. The molecule has 0 saturated carbocycles. The lowest BCUT2D eigenvalue weighted by Crippen LogP contribution is -2.19. The number of amidine groups is 1. The molecule has 1 aliphatic rings. The summed E-state index contributed by atoms with van der Waals surface area (Å²) in [5, 5.41) is 21.7. The number of amides is 1. The summed E-state index contributed by atoms with van der Waals surface area (Å²) in [6.07, 6.45) is 2.45. The first-order chi connectivity index (χ1) is 15.0. The SMILES string of the molecule is COC(=O)/C=C1/S/C(=N\N=Cc2cc([N+](=O)[O-])ccc2SCc2ccccc2)NC1=O. The van der Waals surface area contributed by atoms with E-state index < -0.39 is 16.8 Å². The van der Waals surface area contributed by atoms with Gasteiger partial charge in [0.05, 0.1) is 23.2 Å². The molecular formula is C20H16N4O5S2. The number of ether oxygens (including phenoxy) is 1. The fraction of sp³-hybridized carbons (Fsp3) is 0.100. The normalized spacial score (nSPS) is 16.1. The Hall–Kier alpha value is -3.44. The van der Waals surface area contributed by atoms with E-state index >= 15 is 0 Å². The first-order valence-electron chi connectivity index (χ1n) is 8.81. The Bertz CT molecular complexity index is 1100. The molecule has 0 atom stereocenters. The van der Waals surface area contributed by atoms with Crippen LogP contribution >= 0.6 is 23.5 Å². The number of rotatable bonds is 7. The van der Waals surface area contributed by atoms with E-state index in [0.717, 1.165) is 28.3 Å². The van der Waals surface area contributed by atoms with Gasteiger partial charge in [-0.25, -0.2) is 4.79 Å². The van der Waals surface area contributed by atoms with Crippen LogP contribution in [0.2, 0.25) is 0 Å². The maximum atomic E-state index is 11.8. The third-order valence-corrected chi connectivity index (χ3v) is 5.95. The van der Waals surface area contributed by atoms with Gasteiger partial charge in [0.1, 0.15) is 0 Å². The van der Waals surface area contributed by atoms with Crippen LogP contribution in [0.1, 0.15) is 11.1 Å². The number of carbonyl (C=O) groups excluding carboxylic acids is 2. The zero-order chi connectivity index (χ0) is 22.2. The smallest absolute Gasteiger partial charge is 0.331 e. The Balaban J connectivity index is 1.78. The molecule has 0 spiro atoms. The predicted octanol–water partition coefficient (Wildman–Crippen LogP) is 3.50. The van der Waals surface area contributed by atoms with Crippen molar-refractivity contribution >= 4 is 52.5 Å². The fourth-order valence-electron chi connectivity index (χ4n) is 2.40. The summed E-state index contributed by atoms with van der Waals surface area (Å²) >= 11 is 2.46. The molecule has 31 heavy (non-hydrogen) atoms. The van der Waals surface area contributed by atoms with Gasteiger partial charge in [-0.1, -0.05) is 30.3 Å². The second-order valence-electron chi connectivity index (χ2n) is 5.99. The van der Waals surface area contributed by atoms with E-state index in [9.17, 15) is 19.7 Å². The van der Waals surface area contributed by atoms with Crippen LogP contribution in [0.15, 0.2) is 74.6 Å². The summed E-state index contributed by atoms with van der Waals surface area (Å²) in [5.74, 6) is -0.459. The van der Waals surface area contributed by atoms with Crippen molar-refractivity contribution in [1.82, 2.24) is 5.32 Å². The molecular weight excluding hydrogens is 440 g/mol. The van der Waals surface area contributed by atoms with Gasteiger partial charge < -0.3 is 4.74 Å². The van der Waals surface area contributed by atoms with Crippen molar-refractivity contribution in [3.63, 3.8) is 0 Å². The molecule has 2 aromatic carbocycles. The van der Waals surface area contributed by atoms with E-state index in [1.165, 1.54) is 37.2 Å². The van der Waals surface area contributed by atoms with Crippen LogP contribution in [-0.2, 0) is 20.1 Å². The minimum absolute atomic E-state index is 0.0648. The minimum Gasteiger partial charge on any atom is -0.466 e. The number of nitrogens with zero attached hydrogens (tertiary/aromatic N) is 3. The number of hydrogen-bond donors (Lipinski definition) is 1. The molecule has 2 aromatic rings. The number of methoxy groups -OCH3 is 1. The summed E-state index contributed by atoms with van der Waals surface area (Å²) in [6.45, 7) is 0. The van der Waals surface area contributed by atoms with Crippen LogP contribution < -0.4 is 5.32 Å². The molecule has 1 saturated heterocycles.